The van der Waals surface area contributed by atoms with Crippen LogP contribution in [0, 0.1) is 0 Å². The van der Waals surface area contributed by atoms with Gasteiger partial charge in [-0.1, -0.05) is 18.2 Å². The highest BCUT2D eigenvalue weighted by Crippen LogP contribution is 2.17. The van der Waals surface area contributed by atoms with Crippen LogP contribution in [-0.2, 0) is 10.7 Å². The largest absolute Gasteiger partial charge is 0.298 e. The SMILES string of the molecule is C/C=C\C(=C/C)C(=O)Nc1nc(CCl)cs1. The van der Waals surface area contributed by atoms with Crippen LogP contribution in [0.25, 0.3) is 0 Å². The lowest BCUT2D eigenvalue weighted by Crippen LogP contribution is -2.12. The first-order valence-electron chi connectivity index (χ1n) is 4.82. The number of thiazole rings is 1. The van der Waals surface area contributed by atoms with Crippen LogP contribution in [0.2, 0.25) is 0 Å². The summed E-state index contributed by atoms with van der Waals surface area (Å²) in [5.74, 6) is 0.202. The lowest BCUT2D eigenvalue weighted by molar-refractivity contribution is -0.112. The number of nitrogens with zero attached hydrogens (tertiary/aromatic N) is 1. The minimum atomic E-state index is -0.156. The van der Waals surface area contributed by atoms with Gasteiger partial charge in [-0.25, -0.2) is 4.98 Å². The molecule has 0 radical (unpaired) electrons. The molecule has 0 aliphatic rings. The zero-order valence-corrected chi connectivity index (χ0v) is 10.7. The number of carbonyl (C=O) groups excluding carboxylic acids is 1. The molecule has 0 saturated carbocycles. The second-order valence-corrected chi connectivity index (χ2v) is 4.10. The van der Waals surface area contributed by atoms with Crippen molar-refractivity contribution in [2.75, 3.05) is 5.32 Å². The summed E-state index contributed by atoms with van der Waals surface area (Å²) in [5.41, 5.74) is 1.39. The van der Waals surface area contributed by atoms with Crippen LogP contribution in [-0.4, -0.2) is 10.9 Å². The molecule has 0 bridgehead atoms. The molecule has 86 valence electrons. The van der Waals surface area contributed by atoms with Gasteiger partial charge in [0.2, 0.25) is 0 Å². The number of amides is 1. The summed E-state index contributed by atoms with van der Waals surface area (Å²) < 4.78 is 0. The van der Waals surface area contributed by atoms with E-state index >= 15 is 0 Å². The van der Waals surface area contributed by atoms with E-state index < -0.39 is 0 Å². The summed E-state index contributed by atoms with van der Waals surface area (Å²) in [6.07, 6.45) is 5.33. The maximum Gasteiger partial charge on any atom is 0.257 e. The van der Waals surface area contributed by atoms with E-state index in [9.17, 15) is 4.79 Å². The maximum absolute atomic E-state index is 11.7. The summed E-state index contributed by atoms with van der Waals surface area (Å²) in [6.45, 7) is 3.69. The standard InChI is InChI=1S/C11H13ClN2OS/c1-3-5-8(4-2)10(15)14-11-13-9(6-12)7-16-11/h3-5,7H,6H2,1-2H3,(H,13,14,15)/b5-3-,8-4+. The van der Waals surface area contributed by atoms with E-state index in [4.69, 9.17) is 11.6 Å². The summed E-state index contributed by atoms with van der Waals surface area (Å²) in [5, 5.41) is 5.12. The monoisotopic (exact) mass is 256 g/mol. The molecule has 16 heavy (non-hydrogen) atoms. The zero-order valence-electron chi connectivity index (χ0n) is 9.16. The fourth-order valence-electron chi connectivity index (χ4n) is 1.08. The molecule has 0 aliphatic carbocycles. The summed E-state index contributed by atoms with van der Waals surface area (Å²) in [4.78, 5) is 15.9. The van der Waals surface area contributed by atoms with Gasteiger partial charge in [0.25, 0.3) is 5.91 Å². The van der Waals surface area contributed by atoms with Crippen LogP contribution in [0.4, 0.5) is 5.13 Å². The number of aromatic nitrogens is 1. The van der Waals surface area contributed by atoms with Crippen molar-refractivity contribution in [3.05, 3.63) is 34.9 Å². The van der Waals surface area contributed by atoms with Crippen molar-refractivity contribution in [3.63, 3.8) is 0 Å². The molecule has 0 aromatic carbocycles. The van der Waals surface area contributed by atoms with Crippen molar-refractivity contribution >= 4 is 34.0 Å². The summed E-state index contributed by atoms with van der Waals surface area (Å²) in [7, 11) is 0. The molecule has 1 rings (SSSR count). The highest BCUT2D eigenvalue weighted by atomic mass is 35.5. The van der Waals surface area contributed by atoms with Gasteiger partial charge in [-0.05, 0) is 13.8 Å². The first-order valence-corrected chi connectivity index (χ1v) is 6.23. The number of carbonyl (C=O) groups is 1. The van der Waals surface area contributed by atoms with E-state index in [0.29, 0.717) is 16.6 Å². The molecular weight excluding hydrogens is 244 g/mol. The molecule has 0 atom stereocenters. The van der Waals surface area contributed by atoms with E-state index in [2.05, 4.69) is 10.3 Å². The third-order valence-electron chi connectivity index (χ3n) is 1.83. The van der Waals surface area contributed by atoms with Crippen LogP contribution in [0.15, 0.2) is 29.2 Å². The van der Waals surface area contributed by atoms with Crippen LogP contribution < -0.4 is 5.32 Å². The topological polar surface area (TPSA) is 42.0 Å². The molecule has 1 aromatic heterocycles. The van der Waals surface area contributed by atoms with Gasteiger partial charge in [-0.3, -0.25) is 10.1 Å². The van der Waals surface area contributed by atoms with Gasteiger partial charge in [0.1, 0.15) is 0 Å². The third kappa shape index (κ3) is 3.47. The molecule has 0 aliphatic heterocycles. The molecule has 0 saturated heterocycles. The van der Waals surface area contributed by atoms with E-state index in [0.717, 1.165) is 5.69 Å². The molecular formula is C11H13ClN2OS. The average molecular weight is 257 g/mol. The Balaban J connectivity index is 2.70. The molecule has 1 N–H and O–H groups in total. The summed E-state index contributed by atoms with van der Waals surface area (Å²) >= 11 is 6.99. The molecule has 3 nitrogen and oxygen atoms in total. The quantitative estimate of drug-likeness (QED) is 0.510. The predicted octanol–water partition coefficient (Wildman–Crippen LogP) is 3.34. The van der Waals surface area contributed by atoms with E-state index in [1.807, 2.05) is 25.3 Å². The number of rotatable bonds is 4. The lowest BCUT2D eigenvalue weighted by atomic mass is 10.2. The Morgan fingerprint density at radius 2 is 2.38 bits per heavy atom. The molecule has 5 heteroatoms. The first kappa shape index (κ1) is 12.9. The fourth-order valence-corrected chi connectivity index (χ4v) is 2.01. The van der Waals surface area contributed by atoms with Crippen molar-refractivity contribution in [1.29, 1.82) is 0 Å². The van der Waals surface area contributed by atoms with Crippen LogP contribution in [0.1, 0.15) is 19.5 Å². The first-order chi connectivity index (χ1) is 7.71. The minimum Gasteiger partial charge on any atom is -0.298 e. The van der Waals surface area contributed by atoms with Crippen molar-refractivity contribution in [2.45, 2.75) is 19.7 Å². The number of nitrogens with one attached hydrogen (secondary N) is 1. The van der Waals surface area contributed by atoms with Crippen LogP contribution in [0.5, 0.6) is 0 Å². The average Bonchev–Trinajstić information content (AvgIpc) is 2.73. The smallest absolute Gasteiger partial charge is 0.257 e. The second-order valence-electron chi connectivity index (χ2n) is 2.98. The van der Waals surface area contributed by atoms with Crippen molar-refractivity contribution in [3.8, 4) is 0 Å². The predicted molar refractivity (Wildman–Crippen MR) is 68.9 cm³/mol. The number of alkyl halides is 1. The van der Waals surface area contributed by atoms with Crippen LogP contribution >= 0.6 is 22.9 Å². The van der Waals surface area contributed by atoms with Crippen molar-refractivity contribution in [1.82, 2.24) is 4.98 Å². The number of halogens is 1. The molecule has 1 heterocycles. The Hall–Kier alpha value is -1.13. The Labute approximate surface area is 104 Å². The highest BCUT2D eigenvalue weighted by molar-refractivity contribution is 7.14. The Bertz CT molecular complexity index is 423. The van der Waals surface area contributed by atoms with Gasteiger partial charge in [-0.2, -0.15) is 0 Å². The maximum atomic E-state index is 11.7. The van der Waals surface area contributed by atoms with Gasteiger partial charge < -0.3 is 0 Å². The van der Waals surface area contributed by atoms with Gasteiger partial charge in [0.05, 0.1) is 11.6 Å². The highest BCUT2D eigenvalue weighted by Gasteiger charge is 2.08. The van der Waals surface area contributed by atoms with Gasteiger partial charge in [0.15, 0.2) is 5.13 Å². The summed E-state index contributed by atoms with van der Waals surface area (Å²) in [6, 6.07) is 0. The molecule has 0 spiro atoms. The Morgan fingerprint density at radius 1 is 1.62 bits per heavy atom. The van der Waals surface area contributed by atoms with Crippen molar-refractivity contribution < 1.29 is 4.79 Å². The van der Waals surface area contributed by atoms with Gasteiger partial charge in [-0.15, -0.1) is 22.9 Å². The van der Waals surface area contributed by atoms with E-state index in [1.54, 1.807) is 12.2 Å². The van der Waals surface area contributed by atoms with Crippen LogP contribution in [0.3, 0.4) is 0 Å². The van der Waals surface area contributed by atoms with E-state index in [1.165, 1.54) is 11.3 Å². The molecule has 0 fully saturated rings. The number of anilines is 1. The second kappa shape index (κ2) is 6.45. The van der Waals surface area contributed by atoms with Crippen molar-refractivity contribution in [2.24, 2.45) is 0 Å². The number of hydrogen-bond acceptors (Lipinski definition) is 3. The Morgan fingerprint density at radius 3 is 2.88 bits per heavy atom. The fraction of sp³-hybridized carbons (Fsp3) is 0.273. The molecule has 0 unspecified atom stereocenters. The third-order valence-corrected chi connectivity index (χ3v) is 2.91. The number of hydrogen-bond donors (Lipinski definition) is 1. The Kier molecular flexibility index (Phi) is 5.22. The molecule has 1 aromatic rings. The minimum absolute atomic E-state index is 0.156. The molecule has 1 amide bonds. The van der Waals surface area contributed by atoms with E-state index in [-0.39, 0.29) is 5.91 Å². The van der Waals surface area contributed by atoms with Gasteiger partial charge in [0, 0.05) is 11.0 Å². The zero-order chi connectivity index (χ0) is 12.0. The number of allylic oxidation sites excluding steroid dienone is 2. The van der Waals surface area contributed by atoms with Gasteiger partial charge >= 0.3 is 0 Å². The normalized spacial score (nSPS) is 12.1. The lowest BCUT2D eigenvalue weighted by Gasteiger charge is -2.01.